The van der Waals surface area contributed by atoms with E-state index in [-0.39, 0.29) is 17.4 Å². The van der Waals surface area contributed by atoms with E-state index in [0.29, 0.717) is 0 Å². The van der Waals surface area contributed by atoms with Crippen molar-refractivity contribution in [2.45, 2.75) is 5.75 Å². The van der Waals surface area contributed by atoms with Crippen molar-refractivity contribution in [2.75, 3.05) is 5.75 Å². The van der Waals surface area contributed by atoms with Crippen LogP contribution in [0.2, 0.25) is 0 Å². The van der Waals surface area contributed by atoms with Crippen LogP contribution in [0.1, 0.15) is 16.1 Å². The minimum atomic E-state index is -0.476. The Morgan fingerprint density at radius 1 is 1.05 bits per heavy atom. The molecule has 2 rings (SSSR count). The zero-order valence-corrected chi connectivity index (χ0v) is 11.5. The molecule has 0 aliphatic carbocycles. The molecule has 0 saturated carbocycles. The molecule has 0 bridgehead atoms. The fraction of sp³-hybridized carbons (Fsp3) is 0.143. The van der Waals surface area contributed by atoms with Gasteiger partial charge in [0, 0.05) is 5.75 Å². The van der Waals surface area contributed by atoms with E-state index in [4.69, 9.17) is 4.42 Å². The monoisotopic (exact) mass is 290 g/mol. The Labute approximate surface area is 120 Å². The van der Waals surface area contributed by atoms with Gasteiger partial charge in [-0.25, -0.2) is 0 Å². The predicted octanol–water partition coefficient (Wildman–Crippen LogP) is 1.97. The highest BCUT2D eigenvalue weighted by Gasteiger charge is 2.09. The number of furan rings is 1. The summed E-state index contributed by atoms with van der Waals surface area (Å²) in [6.45, 7) is 0. The lowest BCUT2D eigenvalue weighted by molar-refractivity contribution is -0.119. The number of rotatable bonds is 5. The van der Waals surface area contributed by atoms with Crippen molar-refractivity contribution in [2.24, 2.45) is 0 Å². The Hall–Kier alpha value is -2.21. The predicted molar refractivity (Wildman–Crippen MR) is 76.9 cm³/mol. The van der Waals surface area contributed by atoms with Crippen LogP contribution in [0.5, 0.6) is 0 Å². The van der Waals surface area contributed by atoms with Gasteiger partial charge < -0.3 is 4.42 Å². The summed E-state index contributed by atoms with van der Waals surface area (Å²) in [4.78, 5) is 23.0. The lowest BCUT2D eigenvalue weighted by Crippen LogP contribution is -2.42. The Bertz CT molecular complexity index is 555. The van der Waals surface area contributed by atoms with E-state index in [9.17, 15) is 9.59 Å². The van der Waals surface area contributed by atoms with E-state index < -0.39 is 5.91 Å². The number of nitrogens with one attached hydrogen (secondary N) is 2. The fourth-order valence-corrected chi connectivity index (χ4v) is 2.26. The van der Waals surface area contributed by atoms with Gasteiger partial charge in [0.1, 0.15) is 0 Å². The average molecular weight is 290 g/mol. The molecule has 2 amide bonds. The second kappa shape index (κ2) is 7.40. The smallest absolute Gasteiger partial charge is 0.305 e. The third-order valence-corrected chi connectivity index (χ3v) is 3.41. The van der Waals surface area contributed by atoms with E-state index in [1.54, 1.807) is 6.07 Å². The van der Waals surface area contributed by atoms with Crippen molar-refractivity contribution in [3.63, 3.8) is 0 Å². The number of hydrogen-bond acceptors (Lipinski definition) is 4. The van der Waals surface area contributed by atoms with Crippen LogP contribution >= 0.6 is 11.8 Å². The molecule has 2 N–H and O–H groups in total. The summed E-state index contributed by atoms with van der Waals surface area (Å²) in [7, 11) is 0. The van der Waals surface area contributed by atoms with Gasteiger partial charge in [-0.2, -0.15) is 0 Å². The van der Waals surface area contributed by atoms with Crippen molar-refractivity contribution >= 4 is 23.6 Å². The Kier molecular flexibility index (Phi) is 5.25. The van der Waals surface area contributed by atoms with Crippen LogP contribution in [0.3, 0.4) is 0 Å². The lowest BCUT2D eigenvalue weighted by Gasteiger charge is -2.05. The third-order valence-electron chi connectivity index (χ3n) is 2.41. The van der Waals surface area contributed by atoms with Crippen LogP contribution in [-0.4, -0.2) is 17.6 Å². The molecular weight excluding hydrogens is 276 g/mol. The van der Waals surface area contributed by atoms with Crippen molar-refractivity contribution < 1.29 is 14.0 Å². The molecule has 0 spiro atoms. The quantitative estimate of drug-likeness (QED) is 0.826. The molecule has 0 fully saturated rings. The molecule has 0 unspecified atom stereocenters. The topological polar surface area (TPSA) is 71.3 Å². The molecule has 104 valence electrons. The van der Waals surface area contributed by atoms with Crippen LogP contribution in [0.4, 0.5) is 0 Å². The fourth-order valence-electron chi connectivity index (χ4n) is 1.47. The SMILES string of the molecule is O=C(CSCc1ccccc1)NNC(=O)c1ccco1. The number of carbonyl (C=O) groups excluding carboxylic acids is 2. The zero-order valence-electron chi connectivity index (χ0n) is 10.7. The van der Waals surface area contributed by atoms with Gasteiger partial charge in [-0.15, -0.1) is 11.8 Å². The minimum absolute atomic E-state index is 0.155. The summed E-state index contributed by atoms with van der Waals surface area (Å²) >= 11 is 1.48. The average Bonchev–Trinajstić information content (AvgIpc) is 3.00. The highest BCUT2D eigenvalue weighted by Crippen LogP contribution is 2.10. The molecule has 1 heterocycles. The molecule has 5 nitrogen and oxygen atoms in total. The molecule has 2 aromatic rings. The Balaban J connectivity index is 1.65. The Morgan fingerprint density at radius 2 is 1.85 bits per heavy atom. The largest absolute Gasteiger partial charge is 0.459 e. The van der Waals surface area contributed by atoms with Gasteiger partial charge in [0.15, 0.2) is 5.76 Å². The highest BCUT2D eigenvalue weighted by atomic mass is 32.2. The first-order valence-corrected chi connectivity index (χ1v) is 7.15. The van der Waals surface area contributed by atoms with E-state index in [2.05, 4.69) is 10.9 Å². The van der Waals surface area contributed by atoms with Crippen molar-refractivity contribution in [1.29, 1.82) is 0 Å². The summed E-state index contributed by atoms with van der Waals surface area (Å²) < 4.78 is 4.90. The number of hydrogen-bond donors (Lipinski definition) is 2. The van der Waals surface area contributed by atoms with Crippen LogP contribution in [0.25, 0.3) is 0 Å². The number of amides is 2. The molecule has 0 radical (unpaired) electrons. The molecular formula is C14H14N2O3S. The van der Waals surface area contributed by atoms with Crippen molar-refractivity contribution in [1.82, 2.24) is 10.9 Å². The first-order valence-electron chi connectivity index (χ1n) is 6.00. The normalized spacial score (nSPS) is 10.0. The molecule has 1 aromatic heterocycles. The second-order valence-electron chi connectivity index (χ2n) is 3.96. The van der Waals surface area contributed by atoms with Gasteiger partial charge in [0.2, 0.25) is 5.91 Å². The first kappa shape index (κ1) is 14.2. The number of hydrazine groups is 1. The maximum Gasteiger partial charge on any atom is 0.305 e. The standard InChI is InChI=1S/C14H14N2O3S/c17-13(10-20-9-11-5-2-1-3-6-11)15-16-14(18)12-7-4-8-19-12/h1-8H,9-10H2,(H,15,17)(H,16,18). The van der Waals surface area contributed by atoms with Crippen LogP contribution in [0, 0.1) is 0 Å². The van der Waals surface area contributed by atoms with E-state index in [1.165, 1.54) is 24.1 Å². The van der Waals surface area contributed by atoms with Gasteiger partial charge in [-0.3, -0.25) is 20.4 Å². The van der Waals surface area contributed by atoms with E-state index in [0.717, 1.165) is 11.3 Å². The van der Waals surface area contributed by atoms with Gasteiger partial charge in [-0.05, 0) is 17.7 Å². The van der Waals surface area contributed by atoms with Crippen LogP contribution in [-0.2, 0) is 10.5 Å². The van der Waals surface area contributed by atoms with Gasteiger partial charge in [0.05, 0.1) is 12.0 Å². The summed E-state index contributed by atoms with van der Waals surface area (Å²) in [5.41, 5.74) is 5.78. The van der Waals surface area contributed by atoms with E-state index >= 15 is 0 Å². The summed E-state index contributed by atoms with van der Waals surface area (Å²) in [6, 6.07) is 13.0. The van der Waals surface area contributed by atoms with Crippen LogP contribution < -0.4 is 10.9 Å². The molecule has 0 aliphatic heterocycles. The maximum absolute atomic E-state index is 11.5. The minimum Gasteiger partial charge on any atom is -0.459 e. The maximum atomic E-state index is 11.5. The first-order chi connectivity index (χ1) is 9.75. The molecule has 0 saturated heterocycles. The highest BCUT2D eigenvalue weighted by molar-refractivity contribution is 7.99. The van der Waals surface area contributed by atoms with Gasteiger partial charge in [-0.1, -0.05) is 30.3 Å². The van der Waals surface area contributed by atoms with Crippen molar-refractivity contribution in [3.8, 4) is 0 Å². The summed E-state index contributed by atoms with van der Waals surface area (Å²) in [6.07, 6.45) is 1.40. The number of carbonyl (C=O) groups is 2. The molecule has 20 heavy (non-hydrogen) atoms. The second-order valence-corrected chi connectivity index (χ2v) is 4.94. The molecule has 6 heteroatoms. The van der Waals surface area contributed by atoms with Crippen molar-refractivity contribution in [3.05, 3.63) is 60.1 Å². The van der Waals surface area contributed by atoms with Gasteiger partial charge >= 0.3 is 5.91 Å². The van der Waals surface area contributed by atoms with Crippen LogP contribution in [0.15, 0.2) is 53.1 Å². The number of thioether (sulfide) groups is 1. The molecule has 1 aromatic carbocycles. The zero-order chi connectivity index (χ0) is 14.2. The number of benzene rings is 1. The van der Waals surface area contributed by atoms with E-state index in [1.807, 2.05) is 30.3 Å². The molecule has 0 atom stereocenters. The van der Waals surface area contributed by atoms with Gasteiger partial charge in [0.25, 0.3) is 0 Å². The third kappa shape index (κ3) is 4.47. The molecule has 0 aliphatic rings. The summed E-state index contributed by atoms with van der Waals surface area (Å²) in [5, 5.41) is 0. The Morgan fingerprint density at radius 3 is 2.55 bits per heavy atom. The lowest BCUT2D eigenvalue weighted by atomic mass is 10.2. The summed E-state index contributed by atoms with van der Waals surface area (Å²) in [5.74, 6) is 0.442.